The number of guanidine groups is 1. The van der Waals surface area contributed by atoms with Gasteiger partial charge in [-0.15, -0.1) is 0 Å². The summed E-state index contributed by atoms with van der Waals surface area (Å²) in [5.41, 5.74) is 0. The van der Waals surface area contributed by atoms with Crippen LogP contribution in [0, 0.1) is 0 Å². The summed E-state index contributed by atoms with van der Waals surface area (Å²) in [6.45, 7) is 6.20. The summed E-state index contributed by atoms with van der Waals surface area (Å²) in [5, 5.41) is 10.8. The molecule has 20 heavy (non-hydrogen) atoms. The van der Waals surface area contributed by atoms with Crippen molar-refractivity contribution < 1.29 is 0 Å². The summed E-state index contributed by atoms with van der Waals surface area (Å²) in [6, 6.07) is 1.94. The Morgan fingerprint density at radius 3 is 2.55 bits per heavy atom. The molecule has 1 aliphatic heterocycles. The number of nitrogens with zero attached hydrogens (tertiary/aromatic N) is 4. The highest BCUT2D eigenvalue weighted by atomic mass is 15.3. The van der Waals surface area contributed by atoms with Crippen LogP contribution in [0.5, 0.6) is 0 Å². The third-order valence-electron chi connectivity index (χ3n) is 3.59. The number of nitrogens with one attached hydrogen (secondary N) is 2. The van der Waals surface area contributed by atoms with E-state index in [2.05, 4.69) is 25.6 Å². The molecule has 1 aromatic heterocycles. The van der Waals surface area contributed by atoms with Gasteiger partial charge < -0.3 is 15.5 Å². The van der Waals surface area contributed by atoms with Gasteiger partial charge in [0.2, 0.25) is 0 Å². The summed E-state index contributed by atoms with van der Waals surface area (Å²) in [5.74, 6) is 0.870. The van der Waals surface area contributed by atoms with Crippen molar-refractivity contribution in [1.29, 1.82) is 0 Å². The van der Waals surface area contributed by atoms with E-state index in [1.807, 2.05) is 24.0 Å². The molecule has 0 aromatic carbocycles. The lowest BCUT2D eigenvalue weighted by Crippen LogP contribution is -2.43. The van der Waals surface area contributed by atoms with Crippen molar-refractivity contribution in [2.24, 2.45) is 4.99 Å². The standard InChI is InChI=1S/C14H26N6/c1-15-14(17-8-13-20-11-5-6-18-20)16-7-12-19-9-3-2-4-10-19/h5-6,11H,2-4,7-10,12-13H2,1H3,(H2,15,16,17). The molecule has 1 aliphatic rings. The zero-order chi connectivity index (χ0) is 14.0. The summed E-state index contributed by atoms with van der Waals surface area (Å²) in [7, 11) is 1.81. The fourth-order valence-corrected chi connectivity index (χ4v) is 2.46. The lowest BCUT2D eigenvalue weighted by atomic mass is 10.1. The fraction of sp³-hybridized carbons (Fsp3) is 0.714. The predicted molar refractivity (Wildman–Crippen MR) is 81.9 cm³/mol. The van der Waals surface area contributed by atoms with E-state index in [1.54, 1.807) is 6.20 Å². The zero-order valence-electron chi connectivity index (χ0n) is 12.4. The van der Waals surface area contributed by atoms with E-state index in [0.29, 0.717) is 0 Å². The molecular weight excluding hydrogens is 252 g/mol. The Hall–Kier alpha value is -1.56. The molecule has 0 aliphatic carbocycles. The van der Waals surface area contributed by atoms with Crippen LogP contribution in [0.25, 0.3) is 0 Å². The zero-order valence-corrected chi connectivity index (χ0v) is 12.4. The lowest BCUT2D eigenvalue weighted by molar-refractivity contribution is 0.232. The van der Waals surface area contributed by atoms with Crippen molar-refractivity contribution in [2.75, 3.05) is 39.8 Å². The highest BCUT2D eigenvalue weighted by Gasteiger charge is 2.09. The van der Waals surface area contributed by atoms with E-state index in [4.69, 9.17) is 0 Å². The average Bonchev–Trinajstić information content (AvgIpc) is 3.00. The number of aliphatic imine (C=N–C) groups is 1. The SMILES string of the molecule is CN=C(NCCN1CCCCC1)NCCn1cccn1. The molecule has 6 heteroatoms. The minimum atomic E-state index is 0.824. The Balaban J connectivity index is 1.57. The first-order valence-electron chi connectivity index (χ1n) is 7.53. The smallest absolute Gasteiger partial charge is 0.191 e. The normalized spacial score (nSPS) is 17.1. The number of hydrogen-bond acceptors (Lipinski definition) is 3. The predicted octanol–water partition coefficient (Wildman–Crippen LogP) is 0.534. The second-order valence-electron chi connectivity index (χ2n) is 5.10. The first kappa shape index (κ1) is 14.8. The van der Waals surface area contributed by atoms with Gasteiger partial charge in [-0.25, -0.2) is 0 Å². The van der Waals surface area contributed by atoms with Crippen molar-refractivity contribution in [3.63, 3.8) is 0 Å². The van der Waals surface area contributed by atoms with Crippen LogP contribution in [-0.2, 0) is 6.54 Å². The van der Waals surface area contributed by atoms with Crippen LogP contribution >= 0.6 is 0 Å². The van der Waals surface area contributed by atoms with Crippen molar-refractivity contribution in [3.8, 4) is 0 Å². The molecule has 1 fully saturated rings. The molecule has 1 saturated heterocycles. The van der Waals surface area contributed by atoms with Crippen molar-refractivity contribution in [2.45, 2.75) is 25.8 Å². The molecule has 0 bridgehead atoms. The second-order valence-corrected chi connectivity index (χ2v) is 5.10. The molecule has 2 N–H and O–H groups in total. The van der Waals surface area contributed by atoms with E-state index in [9.17, 15) is 0 Å². The highest BCUT2D eigenvalue weighted by molar-refractivity contribution is 5.79. The molecule has 1 aromatic rings. The Morgan fingerprint density at radius 1 is 1.15 bits per heavy atom. The molecule has 6 nitrogen and oxygen atoms in total. The molecule has 0 atom stereocenters. The van der Waals surface area contributed by atoms with E-state index < -0.39 is 0 Å². The van der Waals surface area contributed by atoms with Gasteiger partial charge in [0, 0.05) is 39.1 Å². The molecule has 112 valence electrons. The number of piperidine rings is 1. The Morgan fingerprint density at radius 2 is 1.90 bits per heavy atom. The van der Waals surface area contributed by atoms with Crippen LogP contribution in [0.2, 0.25) is 0 Å². The summed E-state index contributed by atoms with van der Waals surface area (Å²) in [4.78, 5) is 6.76. The van der Waals surface area contributed by atoms with E-state index in [-0.39, 0.29) is 0 Å². The molecule has 2 heterocycles. The van der Waals surface area contributed by atoms with Gasteiger partial charge in [-0.3, -0.25) is 9.67 Å². The van der Waals surface area contributed by atoms with Gasteiger partial charge in [-0.2, -0.15) is 5.10 Å². The van der Waals surface area contributed by atoms with Crippen LogP contribution in [0.1, 0.15) is 19.3 Å². The van der Waals surface area contributed by atoms with Gasteiger partial charge in [0.1, 0.15) is 0 Å². The molecule has 0 radical (unpaired) electrons. The third-order valence-corrected chi connectivity index (χ3v) is 3.59. The lowest BCUT2D eigenvalue weighted by Gasteiger charge is -2.26. The largest absolute Gasteiger partial charge is 0.355 e. The number of likely N-dealkylation sites (tertiary alicyclic amines) is 1. The van der Waals surface area contributed by atoms with Crippen LogP contribution in [-0.4, -0.2) is 60.4 Å². The number of aromatic nitrogens is 2. The monoisotopic (exact) mass is 278 g/mol. The summed E-state index contributed by atoms with van der Waals surface area (Å²) < 4.78 is 1.91. The molecule has 0 unspecified atom stereocenters. The highest BCUT2D eigenvalue weighted by Crippen LogP contribution is 2.07. The first-order valence-corrected chi connectivity index (χ1v) is 7.53. The van der Waals surface area contributed by atoms with Crippen LogP contribution in [0.4, 0.5) is 0 Å². The minimum Gasteiger partial charge on any atom is -0.355 e. The van der Waals surface area contributed by atoms with Crippen LogP contribution < -0.4 is 10.6 Å². The fourth-order valence-electron chi connectivity index (χ4n) is 2.46. The molecule has 0 spiro atoms. The molecule has 2 rings (SSSR count). The van der Waals surface area contributed by atoms with E-state index in [1.165, 1.54) is 32.4 Å². The van der Waals surface area contributed by atoms with Crippen LogP contribution in [0.3, 0.4) is 0 Å². The van der Waals surface area contributed by atoms with Gasteiger partial charge in [0.25, 0.3) is 0 Å². The quantitative estimate of drug-likeness (QED) is 0.589. The maximum absolute atomic E-state index is 4.24. The Kier molecular flexibility index (Phi) is 6.37. The van der Waals surface area contributed by atoms with Crippen molar-refractivity contribution in [1.82, 2.24) is 25.3 Å². The summed E-state index contributed by atoms with van der Waals surface area (Å²) >= 11 is 0. The molecular formula is C14H26N6. The van der Waals surface area contributed by atoms with E-state index in [0.717, 1.165) is 32.1 Å². The van der Waals surface area contributed by atoms with Gasteiger partial charge in [-0.1, -0.05) is 6.42 Å². The molecule has 0 saturated carbocycles. The first-order chi connectivity index (χ1) is 9.88. The number of rotatable bonds is 6. The maximum Gasteiger partial charge on any atom is 0.191 e. The van der Waals surface area contributed by atoms with E-state index >= 15 is 0 Å². The Bertz CT molecular complexity index is 380. The van der Waals surface area contributed by atoms with Gasteiger partial charge >= 0.3 is 0 Å². The van der Waals surface area contributed by atoms with Gasteiger partial charge in [0.15, 0.2) is 5.96 Å². The summed E-state index contributed by atoms with van der Waals surface area (Å²) in [6.07, 6.45) is 7.84. The van der Waals surface area contributed by atoms with Gasteiger partial charge in [0.05, 0.1) is 6.54 Å². The van der Waals surface area contributed by atoms with Crippen LogP contribution in [0.15, 0.2) is 23.5 Å². The van der Waals surface area contributed by atoms with Crippen molar-refractivity contribution >= 4 is 5.96 Å². The Labute approximate surface area is 121 Å². The average molecular weight is 278 g/mol. The topological polar surface area (TPSA) is 57.5 Å². The maximum atomic E-state index is 4.24. The van der Waals surface area contributed by atoms with Crippen molar-refractivity contribution in [3.05, 3.63) is 18.5 Å². The third kappa shape index (κ3) is 5.21. The minimum absolute atomic E-state index is 0.824. The van der Waals surface area contributed by atoms with Gasteiger partial charge in [-0.05, 0) is 32.0 Å². The second kappa shape index (κ2) is 8.58. The number of hydrogen-bond donors (Lipinski definition) is 2. The molecule has 0 amide bonds.